The number of nitrogens with one attached hydrogen (secondary N) is 1. The third-order valence-corrected chi connectivity index (χ3v) is 6.34. The van der Waals surface area contributed by atoms with Crippen LogP contribution < -0.4 is 10.2 Å². The molecular weight excluding hydrogens is 374 g/mol. The van der Waals surface area contributed by atoms with Crippen LogP contribution in [0.2, 0.25) is 0 Å². The number of aryl methyl sites for hydroxylation is 4. The maximum atomic E-state index is 12.4. The van der Waals surface area contributed by atoms with E-state index in [1.165, 1.54) is 33.5 Å². The van der Waals surface area contributed by atoms with Crippen LogP contribution in [0.25, 0.3) is 11.1 Å². The quantitative estimate of drug-likeness (QED) is 0.727. The molecule has 0 spiro atoms. The molecule has 1 N–H and O–H groups in total. The SMILES string of the molecule is CNC(=O)c1cc2c(c(N3CCCc4cc(-c5cnn(C)c5)c(C)cc43)n1)CCC2. The van der Waals surface area contributed by atoms with Gasteiger partial charge >= 0.3 is 0 Å². The van der Waals surface area contributed by atoms with E-state index in [0.717, 1.165) is 50.0 Å². The van der Waals surface area contributed by atoms with Gasteiger partial charge in [-0.3, -0.25) is 9.48 Å². The monoisotopic (exact) mass is 401 g/mol. The Morgan fingerprint density at radius 3 is 2.70 bits per heavy atom. The molecule has 3 heterocycles. The molecule has 0 radical (unpaired) electrons. The van der Waals surface area contributed by atoms with E-state index < -0.39 is 0 Å². The van der Waals surface area contributed by atoms with E-state index in [1.807, 2.05) is 24.0 Å². The van der Waals surface area contributed by atoms with Gasteiger partial charge in [-0.1, -0.05) is 0 Å². The summed E-state index contributed by atoms with van der Waals surface area (Å²) in [6.07, 6.45) is 9.30. The Balaban J connectivity index is 1.63. The highest BCUT2D eigenvalue weighted by molar-refractivity contribution is 5.93. The Morgan fingerprint density at radius 1 is 1.10 bits per heavy atom. The molecule has 2 aliphatic rings. The lowest BCUT2D eigenvalue weighted by molar-refractivity contribution is 0.0958. The molecule has 154 valence electrons. The van der Waals surface area contributed by atoms with Crippen LogP contribution in [0.15, 0.2) is 30.6 Å². The summed E-state index contributed by atoms with van der Waals surface area (Å²) in [4.78, 5) is 19.5. The molecule has 1 aromatic carbocycles. The number of nitrogens with zero attached hydrogens (tertiary/aromatic N) is 4. The van der Waals surface area contributed by atoms with Crippen LogP contribution in [0.5, 0.6) is 0 Å². The molecule has 0 unspecified atom stereocenters. The van der Waals surface area contributed by atoms with Gasteiger partial charge in [-0.2, -0.15) is 5.10 Å². The molecule has 1 aliphatic carbocycles. The summed E-state index contributed by atoms with van der Waals surface area (Å²) in [6.45, 7) is 3.09. The average molecular weight is 402 g/mol. The summed E-state index contributed by atoms with van der Waals surface area (Å²) in [6, 6.07) is 6.58. The molecule has 6 heteroatoms. The molecular formula is C24H27N5O. The van der Waals surface area contributed by atoms with Crippen molar-refractivity contribution in [1.82, 2.24) is 20.1 Å². The first-order valence-corrected chi connectivity index (χ1v) is 10.7. The van der Waals surface area contributed by atoms with Crippen molar-refractivity contribution in [2.45, 2.75) is 39.0 Å². The highest BCUT2D eigenvalue weighted by Crippen LogP contribution is 2.40. The lowest BCUT2D eigenvalue weighted by Gasteiger charge is -2.33. The molecule has 2 aromatic heterocycles. The van der Waals surface area contributed by atoms with E-state index in [-0.39, 0.29) is 5.91 Å². The van der Waals surface area contributed by atoms with Gasteiger partial charge < -0.3 is 10.2 Å². The van der Waals surface area contributed by atoms with Gasteiger partial charge in [0.15, 0.2) is 0 Å². The predicted octanol–water partition coefficient (Wildman–Crippen LogP) is 3.72. The molecule has 1 amide bonds. The van der Waals surface area contributed by atoms with Gasteiger partial charge in [-0.05, 0) is 85.0 Å². The fraction of sp³-hybridized carbons (Fsp3) is 0.375. The normalized spacial score (nSPS) is 15.1. The molecule has 0 saturated carbocycles. The van der Waals surface area contributed by atoms with Gasteiger partial charge in [0, 0.05) is 38.1 Å². The van der Waals surface area contributed by atoms with Crippen LogP contribution in [0.4, 0.5) is 11.5 Å². The summed E-state index contributed by atoms with van der Waals surface area (Å²) >= 11 is 0. The zero-order valence-electron chi connectivity index (χ0n) is 17.8. The number of fused-ring (bicyclic) bond motifs is 2. The zero-order chi connectivity index (χ0) is 20.8. The average Bonchev–Trinajstić information content (AvgIpc) is 3.40. The van der Waals surface area contributed by atoms with Crippen molar-refractivity contribution in [3.63, 3.8) is 0 Å². The van der Waals surface area contributed by atoms with E-state index in [2.05, 4.69) is 40.6 Å². The highest BCUT2D eigenvalue weighted by Gasteiger charge is 2.27. The van der Waals surface area contributed by atoms with Crippen molar-refractivity contribution in [3.8, 4) is 11.1 Å². The topological polar surface area (TPSA) is 63.1 Å². The minimum Gasteiger partial charge on any atom is -0.354 e. The van der Waals surface area contributed by atoms with Crippen LogP contribution in [-0.4, -0.2) is 34.3 Å². The van der Waals surface area contributed by atoms with Crippen LogP contribution in [0.1, 0.15) is 45.6 Å². The Labute approximate surface area is 176 Å². The van der Waals surface area contributed by atoms with Crippen LogP contribution in [-0.2, 0) is 26.3 Å². The summed E-state index contributed by atoms with van der Waals surface area (Å²) in [5, 5.41) is 7.07. The number of carbonyl (C=O) groups is 1. The van der Waals surface area contributed by atoms with Gasteiger partial charge in [0.2, 0.25) is 0 Å². The van der Waals surface area contributed by atoms with Gasteiger partial charge in [-0.25, -0.2) is 4.98 Å². The fourth-order valence-electron chi connectivity index (χ4n) is 4.86. The predicted molar refractivity (Wildman–Crippen MR) is 118 cm³/mol. The molecule has 0 fully saturated rings. The second-order valence-corrected chi connectivity index (χ2v) is 8.36. The lowest BCUT2D eigenvalue weighted by atomic mass is 9.93. The van der Waals surface area contributed by atoms with Gasteiger partial charge in [-0.15, -0.1) is 0 Å². The maximum absolute atomic E-state index is 12.4. The Kier molecular flexibility index (Phi) is 4.57. The second-order valence-electron chi connectivity index (χ2n) is 8.36. The van der Waals surface area contributed by atoms with Crippen molar-refractivity contribution in [3.05, 3.63) is 58.5 Å². The Morgan fingerprint density at radius 2 is 1.93 bits per heavy atom. The standard InChI is InChI=1S/C24H27N5O/c1-15-10-22-17(11-20(15)18-13-26-28(3)14-18)7-5-9-29(22)23-19-8-4-6-16(19)12-21(27-23)24(30)25-2/h10-14H,4-9H2,1-3H3,(H,25,30). The highest BCUT2D eigenvalue weighted by atomic mass is 16.1. The minimum atomic E-state index is -0.119. The molecule has 30 heavy (non-hydrogen) atoms. The molecule has 5 rings (SSSR count). The minimum absolute atomic E-state index is 0.119. The zero-order valence-corrected chi connectivity index (χ0v) is 17.8. The van der Waals surface area contributed by atoms with Crippen LogP contribution >= 0.6 is 0 Å². The van der Waals surface area contributed by atoms with Crippen molar-refractivity contribution in [2.75, 3.05) is 18.5 Å². The molecule has 0 bridgehead atoms. The van der Waals surface area contributed by atoms with Crippen LogP contribution in [0.3, 0.4) is 0 Å². The van der Waals surface area contributed by atoms with Gasteiger partial charge in [0.05, 0.1) is 6.20 Å². The molecule has 1 aliphatic heterocycles. The third kappa shape index (κ3) is 3.07. The first-order chi connectivity index (χ1) is 14.5. The van der Waals surface area contributed by atoms with Gasteiger partial charge in [0.25, 0.3) is 5.91 Å². The number of amides is 1. The summed E-state index contributed by atoms with van der Waals surface area (Å²) in [5.74, 6) is 0.851. The van der Waals surface area contributed by atoms with E-state index in [9.17, 15) is 4.79 Å². The number of benzene rings is 1. The lowest BCUT2D eigenvalue weighted by Crippen LogP contribution is -2.28. The molecule has 0 saturated heterocycles. The Bertz CT molecular complexity index is 1150. The van der Waals surface area contributed by atoms with E-state index in [0.29, 0.717) is 5.69 Å². The molecule has 6 nitrogen and oxygen atoms in total. The molecule has 3 aromatic rings. The first kappa shape index (κ1) is 18.9. The van der Waals surface area contributed by atoms with Crippen molar-refractivity contribution in [1.29, 1.82) is 0 Å². The number of hydrogen-bond donors (Lipinski definition) is 1. The van der Waals surface area contributed by atoms with Crippen molar-refractivity contribution < 1.29 is 4.79 Å². The number of carbonyl (C=O) groups excluding carboxylic acids is 1. The number of aromatic nitrogens is 3. The van der Waals surface area contributed by atoms with Crippen molar-refractivity contribution >= 4 is 17.4 Å². The second kappa shape index (κ2) is 7.27. The third-order valence-electron chi connectivity index (χ3n) is 6.34. The summed E-state index contributed by atoms with van der Waals surface area (Å²) < 4.78 is 1.85. The number of hydrogen-bond acceptors (Lipinski definition) is 4. The molecule has 0 atom stereocenters. The van der Waals surface area contributed by atoms with Crippen molar-refractivity contribution in [2.24, 2.45) is 7.05 Å². The van der Waals surface area contributed by atoms with Gasteiger partial charge in [0.1, 0.15) is 11.5 Å². The largest absolute Gasteiger partial charge is 0.354 e. The summed E-state index contributed by atoms with van der Waals surface area (Å²) in [7, 11) is 3.61. The maximum Gasteiger partial charge on any atom is 0.269 e. The fourth-order valence-corrected chi connectivity index (χ4v) is 4.86. The smallest absolute Gasteiger partial charge is 0.269 e. The van der Waals surface area contributed by atoms with E-state index >= 15 is 0 Å². The van der Waals surface area contributed by atoms with E-state index in [4.69, 9.17) is 4.98 Å². The van der Waals surface area contributed by atoms with Crippen LogP contribution in [0, 0.1) is 6.92 Å². The number of pyridine rings is 1. The summed E-state index contributed by atoms with van der Waals surface area (Å²) in [5.41, 5.74) is 9.28. The van der Waals surface area contributed by atoms with E-state index in [1.54, 1.807) is 7.05 Å². The Hall–Kier alpha value is -3.15. The number of anilines is 2. The number of rotatable bonds is 3. The first-order valence-electron chi connectivity index (χ1n) is 10.7.